The van der Waals surface area contributed by atoms with Crippen LogP contribution in [0, 0.1) is 0 Å². The van der Waals surface area contributed by atoms with E-state index in [0.717, 1.165) is 50.2 Å². The van der Waals surface area contributed by atoms with E-state index in [0.29, 0.717) is 46.9 Å². The molecule has 0 spiro atoms. The Hall–Kier alpha value is -3.66. The second-order valence-electron chi connectivity index (χ2n) is 9.91. The van der Waals surface area contributed by atoms with Crippen molar-refractivity contribution >= 4 is 28.5 Å². The number of aromatic nitrogens is 3. The number of phenolic OH excluding ortho intramolecular Hbond substituents is 1. The second kappa shape index (κ2) is 12.2. The van der Waals surface area contributed by atoms with Gasteiger partial charge in [-0.3, -0.25) is 14.8 Å². The first-order chi connectivity index (χ1) is 19.4. The number of para-hydroxylation sites is 1. The summed E-state index contributed by atoms with van der Waals surface area (Å²) in [6, 6.07) is 12.7. The highest BCUT2D eigenvalue weighted by atomic mass is 35.5. The molecule has 1 saturated heterocycles. The van der Waals surface area contributed by atoms with Crippen molar-refractivity contribution in [2.75, 3.05) is 59.5 Å². The quantitative estimate of drug-likeness (QED) is 0.303. The van der Waals surface area contributed by atoms with Crippen LogP contribution in [0.15, 0.2) is 48.7 Å². The number of aromatic hydroxyl groups is 1. The maximum absolute atomic E-state index is 13.5. The van der Waals surface area contributed by atoms with Gasteiger partial charge < -0.3 is 19.6 Å². The van der Waals surface area contributed by atoms with Gasteiger partial charge in [0.05, 0.1) is 12.1 Å². The van der Waals surface area contributed by atoms with Crippen LogP contribution in [0.25, 0.3) is 33.4 Å². The smallest absolute Gasteiger partial charge is 0.254 e. The number of ether oxygens (including phenoxy) is 1. The van der Waals surface area contributed by atoms with Gasteiger partial charge in [-0.2, -0.15) is 5.10 Å². The van der Waals surface area contributed by atoms with Crippen LogP contribution in [-0.4, -0.2) is 100 Å². The number of H-pyrrole nitrogens is 1. The number of carbonyl (C=O) groups excluding carboxylic acids is 1. The molecule has 3 heterocycles. The summed E-state index contributed by atoms with van der Waals surface area (Å²) in [5.74, 6) is 0.495. The van der Waals surface area contributed by atoms with Crippen molar-refractivity contribution in [1.82, 2.24) is 29.9 Å². The Morgan fingerprint density at radius 1 is 1.10 bits per heavy atom. The zero-order valence-electron chi connectivity index (χ0n) is 23.2. The second-order valence-corrected chi connectivity index (χ2v) is 10.3. The summed E-state index contributed by atoms with van der Waals surface area (Å²) in [6.07, 6.45) is 1.64. The number of carbonyl (C=O) groups is 1. The van der Waals surface area contributed by atoms with Gasteiger partial charge in [0.25, 0.3) is 5.91 Å². The van der Waals surface area contributed by atoms with Crippen molar-refractivity contribution < 1.29 is 14.6 Å². The lowest BCUT2D eigenvalue weighted by atomic mass is 10.00. The Kier molecular flexibility index (Phi) is 8.54. The topological polar surface area (TPSA) is 97.8 Å². The first-order valence-corrected chi connectivity index (χ1v) is 14.1. The predicted octanol–water partition coefficient (Wildman–Crippen LogP) is 4.76. The van der Waals surface area contributed by atoms with Crippen molar-refractivity contribution in [2.24, 2.45) is 0 Å². The van der Waals surface area contributed by atoms with Gasteiger partial charge in [0.15, 0.2) is 5.65 Å². The average Bonchev–Trinajstić information content (AvgIpc) is 3.42. The number of hydrogen-bond acceptors (Lipinski definition) is 7. The summed E-state index contributed by atoms with van der Waals surface area (Å²) >= 11 is 6.45. The minimum absolute atomic E-state index is 0.0945. The third kappa shape index (κ3) is 5.63. The Morgan fingerprint density at radius 2 is 1.85 bits per heavy atom. The third-order valence-electron chi connectivity index (χ3n) is 7.69. The molecular weight excluding hydrogens is 528 g/mol. The Bertz CT molecular complexity index is 1490. The molecule has 0 radical (unpaired) electrons. The summed E-state index contributed by atoms with van der Waals surface area (Å²) in [5, 5.41) is 19.2. The van der Waals surface area contributed by atoms with E-state index in [1.54, 1.807) is 25.4 Å². The third-order valence-corrected chi connectivity index (χ3v) is 7.97. The number of fused-ring (bicyclic) bond motifs is 1. The van der Waals surface area contributed by atoms with Gasteiger partial charge in [0.1, 0.15) is 17.2 Å². The van der Waals surface area contributed by atoms with Gasteiger partial charge in [-0.25, -0.2) is 4.98 Å². The molecule has 0 aliphatic carbocycles. The van der Waals surface area contributed by atoms with E-state index in [1.165, 1.54) is 0 Å². The van der Waals surface area contributed by atoms with Crippen LogP contribution in [0.5, 0.6) is 11.5 Å². The normalized spacial score (nSPS) is 14.3. The molecule has 1 fully saturated rings. The zero-order valence-corrected chi connectivity index (χ0v) is 23.9. The van der Waals surface area contributed by atoms with Crippen LogP contribution >= 0.6 is 11.6 Å². The monoisotopic (exact) mass is 562 g/mol. The molecule has 0 bridgehead atoms. The van der Waals surface area contributed by atoms with Gasteiger partial charge in [0, 0.05) is 73.1 Å². The number of nitrogens with zero attached hydrogens (tertiary/aromatic N) is 5. The number of pyridine rings is 1. The van der Waals surface area contributed by atoms with Gasteiger partial charge in [-0.15, -0.1) is 0 Å². The van der Waals surface area contributed by atoms with E-state index < -0.39 is 0 Å². The minimum Gasteiger partial charge on any atom is -0.506 e. The lowest BCUT2D eigenvalue weighted by Crippen LogP contribution is -2.50. The summed E-state index contributed by atoms with van der Waals surface area (Å²) in [6.45, 7) is 11.4. The molecule has 40 heavy (non-hydrogen) atoms. The van der Waals surface area contributed by atoms with Crippen LogP contribution in [0.3, 0.4) is 0 Å². The Morgan fingerprint density at radius 3 is 2.58 bits per heavy atom. The summed E-state index contributed by atoms with van der Waals surface area (Å²) in [5.41, 5.74) is 3.60. The molecule has 9 nitrogen and oxygen atoms in total. The maximum atomic E-state index is 13.5. The molecular formula is C30H35ClN6O3. The number of halogens is 1. The van der Waals surface area contributed by atoms with Crippen molar-refractivity contribution in [1.29, 1.82) is 0 Å². The van der Waals surface area contributed by atoms with Crippen molar-refractivity contribution in [3.63, 3.8) is 0 Å². The van der Waals surface area contributed by atoms with Crippen molar-refractivity contribution in [2.45, 2.75) is 13.8 Å². The highest BCUT2D eigenvalue weighted by Crippen LogP contribution is 2.39. The number of amides is 1. The lowest BCUT2D eigenvalue weighted by Gasteiger charge is -2.35. The fourth-order valence-electron chi connectivity index (χ4n) is 5.22. The van der Waals surface area contributed by atoms with E-state index in [-0.39, 0.29) is 16.7 Å². The molecule has 1 aliphatic heterocycles. The summed E-state index contributed by atoms with van der Waals surface area (Å²) in [4.78, 5) is 24.7. The lowest BCUT2D eigenvalue weighted by molar-refractivity contribution is 0.0625. The molecule has 0 unspecified atom stereocenters. The largest absolute Gasteiger partial charge is 0.506 e. The molecule has 1 aliphatic rings. The molecule has 0 atom stereocenters. The van der Waals surface area contributed by atoms with Gasteiger partial charge >= 0.3 is 0 Å². The van der Waals surface area contributed by atoms with E-state index in [2.05, 4.69) is 38.8 Å². The summed E-state index contributed by atoms with van der Waals surface area (Å²) in [7, 11) is 1.62. The average molecular weight is 563 g/mol. The number of methoxy groups -OCH3 is 1. The number of hydrogen-bond donors (Lipinski definition) is 2. The molecule has 5 rings (SSSR count). The number of aromatic amines is 1. The fraction of sp³-hybridized carbons (Fsp3) is 0.367. The number of phenols is 1. The maximum Gasteiger partial charge on any atom is 0.254 e. The molecule has 2 aromatic heterocycles. The van der Waals surface area contributed by atoms with Crippen LogP contribution < -0.4 is 4.74 Å². The zero-order chi connectivity index (χ0) is 28.2. The fourth-order valence-corrected chi connectivity index (χ4v) is 5.44. The SMILES string of the molecule is CCN(CC)CCN1CCN(C(=O)c2cc(Cl)c(O)c(-c3cnc4[nH]nc(-c5ccccc5OC)c4c3)c2)CC1. The number of benzene rings is 2. The molecule has 1 amide bonds. The Labute approximate surface area is 239 Å². The molecule has 4 aromatic rings. The number of likely N-dealkylation sites (N-methyl/N-ethyl adjacent to an activating group) is 1. The highest BCUT2D eigenvalue weighted by molar-refractivity contribution is 6.33. The van der Waals surface area contributed by atoms with E-state index in [1.807, 2.05) is 35.2 Å². The van der Waals surface area contributed by atoms with E-state index in [9.17, 15) is 9.90 Å². The number of rotatable bonds is 9. The molecule has 0 saturated carbocycles. The highest BCUT2D eigenvalue weighted by Gasteiger charge is 2.24. The molecule has 10 heteroatoms. The summed E-state index contributed by atoms with van der Waals surface area (Å²) < 4.78 is 5.53. The first-order valence-electron chi connectivity index (χ1n) is 13.7. The van der Waals surface area contributed by atoms with Gasteiger partial charge in [-0.05, 0) is 43.4 Å². The van der Waals surface area contributed by atoms with Gasteiger partial charge in [0.2, 0.25) is 0 Å². The van der Waals surface area contributed by atoms with Crippen molar-refractivity contribution in [3.05, 3.63) is 59.2 Å². The molecule has 2 aromatic carbocycles. The van der Waals surface area contributed by atoms with Gasteiger partial charge in [-0.1, -0.05) is 37.6 Å². The van der Waals surface area contributed by atoms with Crippen LogP contribution in [0.4, 0.5) is 0 Å². The Balaban J connectivity index is 1.39. The molecule has 2 N–H and O–H groups in total. The minimum atomic E-state index is -0.0985. The van der Waals surface area contributed by atoms with Crippen LogP contribution in [0.1, 0.15) is 24.2 Å². The van der Waals surface area contributed by atoms with E-state index in [4.69, 9.17) is 16.3 Å². The number of nitrogens with one attached hydrogen (secondary N) is 1. The standard InChI is InChI=1S/C30H35ClN6O3/c1-4-35(5-2)10-11-36-12-14-37(15-13-36)30(39)20-16-23(28(38)25(31)18-20)21-17-24-27(33-34-29(24)32-19-21)22-8-6-7-9-26(22)40-3/h6-9,16-19,38H,4-5,10-15H2,1-3H3,(H,32,33,34). The van der Waals surface area contributed by atoms with Crippen LogP contribution in [0.2, 0.25) is 5.02 Å². The predicted molar refractivity (Wildman–Crippen MR) is 158 cm³/mol. The van der Waals surface area contributed by atoms with Crippen LogP contribution in [-0.2, 0) is 0 Å². The van der Waals surface area contributed by atoms with Crippen molar-refractivity contribution in [3.8, 4) is 33.9 Å². The van der Waals surface area contributed by atoms with E-state index >= 15 is 0 Å². The number of piperazine rings is 1. The molecule has 210 valence electrons. The first kappa shape index (κ1) is 27.9.